The van der Waals surface area contributed by atoms with E-state index in [4.69, 9.17) is 0 Å². The molecule has 60 valence electrons. The molecular weight excluding hydrogens is 128 g/mol. The predicted molar refractivity (Wildman–Crippen MR) is 40.7 cm³/mol. The molecule has 0 N–H and O–H groups in total. The van der Waals surface area contributed by atoms with Gasteiger partial charge in [-0.3, -0.25) is 4.79 Å². The van der Waals surface area contributed by atoms with Crippen LogP contribution in [0, 0.1) is 5.92 Å². The minimum Gasteiger partial charge on any atom is -0.469 e. The van der Waals surface area contributed by atoms with E-state index < -0.39 is 0 Å². The molecule has 2 nitrogen and oxygen atoms in total. The molecule has 0 radical (unpaired) electrons. The van der Waals surface area contributed by atoms with Gasteiger partial charge in [0.1, 0.15) is 0 Å². The van der Waals surface area contributed by atoms with Gasteiger partial charge in [-0.05, 0) is 5.92 Å². The molecule has 0 aromatic heterocycles. The summed E-state index contributed by atoms with van der Waals surface area (Å²) in [7, 11) is 1.44. The summed E-state index contributed by atoms with van der Waals surface area (Å²) in [6, 6.07) is 0. The largest absolute Gasteiger partial charge is 0.469 e. The Morgan fingerprint density at radius 3 is 2.20 bits per heavy atom. The molecule has 0 aromatic rings. The predicted octanol–water partition coefficient (Wildman–Crippen LogP) is 1.99. The van der Waals surface area contributed by atoms with Gasteiger partial charge in [-0.1, -0.05) is 26.7 Å². The Morgan fingerprint density at radius 2 is 1.90 bits per heavy atom. The van der Waals surface area contributed by atoms with E-state index in [1.54, 1.807) is 0 Å². The average molecular weight is 144 g/mol. The van der Waals surface area contributed by atoms with Crippen molar-refractivity contribution in [2.45, 2.75) is 33.1 Å². The number of methoxy groups -OCH3 is 1. The standard InChI is InChI=1S/C8H16O2/c1-4-7(5-2)6-8(9)10-3/h7H,4-6H2,1-3H3. The molecule has 0 aliphatic carbocycles. The van der Waals surface area contributed by atoms with E-state index in [1.807, 2.05) is 0 Å². The highest BCUT2D eigenvalue weighted by molar-refractivity contribution is 5.69. The molecule has 0 aliphatic rings. The van der Waals surface area contributed by atoms with E-state index in [0.717, 1.165) is 12.8 Å². The number of esters is 1. The van der Waals surface area contributed by atoms with Gasteiger partial charge in [0, 0.05) is 6.42 Å². The lowest BCUT2D eigenvalue weighted by atomic mass is 10.00. The van der Waals surface area contributed by atoms with E-state index in [9.17, 15) is 4.79 Å². The second kappa shape index (κ2) is 5.27. The molecule has 0 spiro atoms. The van der Waals surface area contributed by atoms with Crippen molar-refractivity contribution in [3.8, 4) is 0 Å². The lowest BCUT2D eigenvalue weighted by Gasteiger charge is -2.08. The first-order valence-corrected chi connectivity index (χ1v) is 3.81. The SMILES string of the molecule is CCC(CC)CC(=O)OC. The van der Waals surface area contributed by atoms with Gasteiger partial charge >= 0.3 is 5.97 Å². The van der Waals surface area contributed by atoms with Crippen LogP contribution in [0.4, 0.5) is 0 Å². The zero-order valence-electron chi connectivity index (χ0n) is 7.02. The summed E-state index contributed by atoms with van der Waals surface area (Å²) < 4.78 is 4.55. The summed E-state index contributed by atoms with van der Waals surface area (Å²) in [5, 5.41) is 0. The molecule has 0 saturated carbocycles. The van der Waals surface area contributed by atoms with Crippen LogP contribution in [-0.4, -0.2) is 13.1 Å². The monoisotopic (exact) mass is 144 g/mol. The Labute approximate surface area is 62.6 Å². The zero-order chi connectivity index (χ0) is 7.98. The van der Waals surface area contributed by atoms with E-state index in [0.29, 0.717) is 12.3 Å². The normalized spacial score (nSPS) is 10.0. The zero-order valence-corrected chi connectivity index (χ0v) is 7.02. The minimum atomic E-state index is -0.0892. The van der Waals surface area contributed by atoms with Gasteiger partial charge in [-0.15, -0.1) is 0 Å². The van der Waals surface area contributed by atoms with Crippen LogP contribution in [0.25, 0.3) is 0 Å². The molecule has 0 amide bonds. The third kappa shape index (κ3) is 3.49. The molecule has 0 atom stereocenters. The Kier molecular flexibility index (Phi) is 4.99. The van der Waals surface area contributed by atoms with Crippen molar-refractivity contribution in [2.24, 2.45) is 5.92 Å². The average Bonchev–Trinajstić information content (AvgIpc) is 1.99. The Hall–Kier alpha value is -0.530. The number of ether oxygens (including phenoxy) is 1. The summed E-state index contributed by atoms with van der Waals surface area (Å²) >= 11 is 0. The van der Waals surface area contributed by atoms with Crippen LogP contribution in [0.5, 0.6) is 0 Å². The maximum atomic E-state index is 10.7. The lowest BCUT2D eigenvalue weighted by molar-refractivity contribution is -0.141. The third-order valence-corrected chi connectivity index (χ3v) is 1.84. The van der Waals surface area contributed by atoms with Gasteiger partial charge in [0.25, 0.3) is 0 Å². The maximum absolute atomic E-state index is 10.7. The van der Waals surface area contributed by atoms with Crippen LogP contribution in [-0.2, 0) is 9.53 Å². The molecule has 2 heteroatoms. The smallest absolute Gasteiger partial charge is 0.305 e. The molecular formula is C8H16O2. The Balaban J connectivity index is 3.52. The van der Waals surface area contributed by atoms with E-state index in [2.05, 4.69) is 18.6 Å². The lowest BCUT2D eigenvalue weighted by Crippen LogP contribution is -2.08. The van der Waals surface area contributed by atoms with Gasteiger partial charge in [0.05, 0.1) is 7.11 Å². The van der Waals surface area contributed by atoms with Crippen LogP contribution in [0.2, 0.25) is 0 Å². The Morgan fingerprint density at radius 1 is 1.40 bits per heavy atom. The summed E-state index contributed by atoms with van der Waals surface area (Å²) in [5.41, 5.74) is 0. The molecule has 0 unspecified atom stereocenters. The van der Waals surface area contributed by atoms with Gasteiger partial charge < -0.3 is 4.74 Å². The summed E-state index contributed by atoms with van der Waals surface area (Å²) in [6.45, 7) is 4.19. The molecule has 0 aromatic carbocycles. The highest BCUT2D eigenvalue weighted by Gasteiger charge is 2.08. The van der Waals surface area contributed by atoms with Crippen molar-refractivity contribution in [1.29, 1.82) is 0 Å². The van der Waals surface area contributed by atoms with E-state index >= 15 is 0 Å². The summed E-state index contributed by atoms with van der Waals surface area (Å²) in [4.78, 5) is 10.7. The molecule has 10 heavy (non-hydrogen) atoms. The van der Waals surface area contributed by atoms with Gasteiger partial charge in [0.15, 0.2) is 0 Å². The number of hydrogen-bond acceptors (Lipinski definition) is 2. The van der Waals surface area contributed by atoms with Gasteiger partial charge in [-0.25, -0.2) is 0 Å². The van der Waals surface area contributed by atoms with E-state index in [1.165, 1.54) is 7.11 Å². The highest BCUT2D eigenvalue weighted by Crippen LogP contribution is 2.12. The second-order valence-corrected chi connectivity index (χ2v) is 2.46. The molecule has 0 saturated heterocycles. The minimum absolute atomic E-state index is 0.0892. The van der Waals surface area contributed by atoms with E-state index in [-0.39, 0.29) is 5.97 Å². The van der Waals surface area contributed by atoms with Crippen LogP contribution < -0.4 is 0 Å². The first-order chi connectivity index (χ1) is 4.74. The molecule has 0 heterocycles. The third-order valence-electron chi connectivity index (χ3n) is 1.84. The first-order valence-electron chi connectivity index (χ1n) is 3.81. The van der Waals surface area contributed by atoms with Crippen molar-refractivity contribution in [2.75, 3.05) is 7.11 Å². The quantitative estimate of drug-likeness (QED) is 0.564. The second-order valence-electron chi connectivity index (χ2n) is 2.46. The number of rotatable bonds is 4. The van der Waals surface area contributed by atoms with Crippen LogP contribution >= 0.6 is 0 Å². The van der Waals surface area contributed by atoms with Crippen molar-refractivity contribution < 1.29 is 9.53 Å². The molecule has 0 rings (SSSR count). The Bertz CT molecular complexity index is 95.4. The number of hydrogen-bond donors (Lipinski definition) is 0. The summed E-state index contributed by atoms with van der Waals surface area (Å²) in [5.74, 6) is 0.418. The van der Waals surface area contributed by atoms with Crippen molar-refractivity contribution in [3.05, 3.63) is 0 Å². The number of carbonyl (C=O) groups is 1. The fourth-order valence-corrected chi connectivity index (χ4v) is 0.896. The summed E-state index contributed by atoms with van der Waals surface area (Å²) in [6.07, 6.45) is 2.70. The maximum Gasteiger partial charge on any atom is 0.305 e. The van der Waals surface area contributed by atoms with Crippen LogP contribution in [0.15, 0.2) is 0 Å². The van der Waals surface area contributed by atoms with Crippen molar-refractivity contribution in [1.82, 2.24) is 0 Å². The van der Waals surface area contributed by atoms with Crippen LogP contribution in [0.1, 0.15) is 33.1 Å². The fraction of sp³-hybridized carbons (Fsp3) is 0.875. The fourth-order valence-electron chi connectivity index (χ4n) is 0.896. The topological polar surface area (TPSA) is 26.3 Å². The van der Waals surface area contributed by atoms with Crippen LogP contribution in [0.3, 0.4) is 0 Å². The number of carbonyl (C=O) groups excluding carboxylic acids is 1. The molecule has 0 bridgehead atoms. The molecule has 0 fully saturated rings. The highest BCUT2D eigenvalue weighted by atomic mass is 16.5. The van der Waals surface area contributed by atoms with Gasteiger partial charge in [0.2, 0.25) is 0 Å². The first kappa shape index (κ1) is 9.47. The molecule has 0 aliphatic heterocycles. The van der Waals surface area contributed by atoms with Crippen molar-refractivity contribution >= 4 is 5.97 Å². The van der Waals surface area contributed by atoms with Gasteiger partial charge in [-0.2, -0.15) is 0 Å². The van der Waals surface area contributed by atoms with Crippen molar-refractivity contribution in [3.63, 3.8) is 0 Å².